The van der Waals surface area contributed by atoms with Crippen LogP contribution in [-0.4, -0.2) is 0 Å². The van der Waals surface area contributed by atoms with Crippen LogP contribution in [0.2, 0.25) is 0 Å². The molecule has 45 heavy (non-hydrogen) atoms. The van der Waals surface area contributed by atoms with Crippen LogP contribution in [0.25, 0.3) is 0 Å². The minimum atomic E-state index is -0.173. The van der Waals surface area contributed by atoms with E-state index in [0.717, 1.165) is 0 Å². The molecule has 1 saturated carbocycles. The van der Waals surface area contributed by atoms with Gasteiger partial charge in [-0.1, -0.05) is 208 Å². The highest BCUT2D eigenvalue weighted by molar-refractivity contribution is 5.46. The Kier molecular flexibility index (Phi) is 9.60. The summed E-state index contributed by atoms with van der Waals surface area (Å²) in [6, 6.07) is 0. The van der Waals surface area contributed by atoms with E-state index in [0.29, 0.717) is 0 Å². The van der Waals surface area contributed by atoms with Crippen molar-refractivity contribution in [2.24, 2.45) is 81.2 Å². The van der Waals surface area contributed by atoms with Gasteiger partial charge in [-0.15, -0.1) is 0 Å². The summed E-state index contributed by atoms with van der Waals surface area (Å²) < 4.78 is 0. The van der Waals surface area contributed by atoms with Crippen molar-refractivity contribution in [3.05, 3.63) is 0 Å². The largest absolute Gasteiger partial charge is 0.0596 e. The predicted octanol–water partition coefficient (Wildman–Crippen LogP) is 15.4. The maximum absolute atomic E-state index is 2.67. The number of hydrogen-bond donors (Lipinski definition) is 0. The molecule has 0 amide bonds. The number of hydrogen-bond acceptors (Lipinski definition) is 0. The van der Waals surface area contributed by atoms with Crippen molar-refractivity contribution in [1.29, 1.82) is 0 Å². The van der Waals surface area contributed by atoms with E-state index in [1.54, 1.807) is 0 Å². The van der Waals surface area contributed by atoms with E-state index in [1.807, 2.05) is 0 Å². The molecule has 1 fully saturated rings. The molecule has 0 aromatic carbocycles. The molecule has 0 atom stereocenters. The van der Waals surface area contributed by atoms with Crippen LogP contribution in [0.4, 0.5) is 0 Å². The molecule has 0 unspecified atom stereocenters. The van der Waals surface area contributed by atoms with Crippen LogP contribution in [0.1, 0.15) is 208 Å². The van der Waals surface area contributed by atoms with Crippen molar-refractivity contribution in [2.45, 2.75) is 208 Å². The van der Waals surface area contributed by atoms with Crippen molar-refractivity contribution in [1.82, 2.24) is 0 Å². The van der Waals surface area contributed by atoms with Crippen LogP contribution in [0, 0.1) is 81.2 Å². The summed E-state index contributed by atoms with van der Waals surface area (Å²) in [6.45, 7) is 80.2. The summed E-state index contributed by atoms with van der Waals surface area (Å²) in [5.74, 6) is 0. The maximum Gasteiger partial charge on any atom is -0.00555 e. The molecular formula is C45H90. The second kappa shape index (κ2) is 10.0. The first-order chi connectivity index (χ1) is 18.8. The Morgan fingerprint density at radius 2 is 0.178 bits per heavy atom. The average molecular weight is 631 g/mol. The highest BCUT2D eigenvalue weighted by Crippen LogP contribution is 3.04. The zero-order valence-electron chi connectivity index (χ0n) is 37.5. The van der Waals surface area contributed by atoms with E-state index >= 15 is 0 Å². The molecule has 0 radical (unpaired) electrons. The monoisotopic (exact) mass is 631 g/mol. The van der Waals surface area contributed by atoms with Crippen molar-refractivity contribution in [3.8, 4) is 0 Å². The van der Waals surface area contributed by atoms with E-state index < -0.39 is 0 Å². The minimum absolute atomic E-state index is 0.0631. The van der Waals surface area contributed by atoms with Crippen LogP contribution in [-0.2, 0) is 0 Å². The summed E-state index contributed by atoms with van der Waals surface area (Å²) in [5.41, 5.74) is -1.49. The van der Waals surface area contributed by atoms with Gasteiger partial charge in [-0.3, -0.25) is 0 Å². The molecule has 0 aromatic rings. The summed E-state index contributed by atoms with van der Waals surface area (Å²) in [4.78, 5) is 0. The lowest BCUT2D eigenvalue weighted by molar-refractivity contribution is -0.343. The Bertz CT molecular complexity index is 764. The van der Waals surface area contributed by atoms with Gasteiger partial charge in [0.25, 0.3) is 0 Å². The molecule has 0 N–H and O–H groups in total. The Morgan fingerprint density at radius 1 is 0.133 bits per heavy atom. The normalized spacial score (nSPS) is 23.3. The summed E-state index contributed by atoms with van der Waals surface area (Å²) in [7, 11) is 0. The molecule has 0 spiro atoms. The van der Waals surface area contributed by atoms with Crippen LogP contribution in [0.3, 0.4) is 0 Å². The fraction of sp³-hybridized carbons (Fsp3) is 1.00. The molecule has 1 aliphatic carbocycles. The molecule has 270 valence electrons. The van der Waals surface area contributed by atoms with Gasteiger partial charge in [0.2, 0.25) is 0 Å². The molecule has 1 aliphatic rings. The van der Waals surface area contributed by atoms with Crippen molar-refractivity contribution >= 4 is 0 Å². The molecule has 1 rings (SSSR count). The smallest absolute Gasteiger partial charge is 0.00555 e. The molecule has 0 nitrogen and oxygen atoms in total. The highest BCUT2D eigenvalue weighted by Gasteiger charge is 3.00. The standard InChI is InChI=1S/C45H90/c1-31(2,3)41(32(4,5)6)42(33(7,8)9,34(10,11)12)44(37(19,20)21,38(22,23)24)45(39(25,26)27,40(28,29)30)43(41,35(13,14)15)36(16,17)18/h1-30H3. The average Bonchev–Trinajstić information content (AvgIpc) is 2.87. The van der Waals surface area contributed by atoms with Crippen LogP contribution in [0.15, 0.2) is 0 Å². The molecule has 0 heterocycles. The SMILES string of the molecule is CC(C)(C)C1(C(C)(C)C)C(C(C)(C)C)(C(C)(C)C)C(C(C)(C)C)(C(C)(C)C)C(C(C)(C)C)(C(C)(C)C)C1(C(C)(C)C)C(C)(C)C. The quantitative estimate of drug-likeness (QED) is 0.250. The topological polar surface area (TPSA) is 0 Å². The zero-order valence-corrected chi connectivity index (χ0v) is 37.5. The van der Waals surface area contributed by atoms with Crippen LogP contribution >= 0.6 is 0 Å². The lowest BCUT2D eigenvalue weighted by Crippen LogP contribution is -2.77. The second-order valence-electron chi connectivity index (χ2n) is 26.2. The third-order valence-corrected chi connectivity index (χ3v) is 14.1. The van der Waals surface area contributed by atoms with Gasteiger partial charge in [0.15, 0.2) is 0 Å². The van der Waals surface area contributed by atoms with Crippen LogP contribution in [0.5, 0.6) is 0 Å². The third-order valence-electron chi connectivity index (χ3n) is 14.1. The van der Waals surface area contributed by atoms with Gasteiger partial charge >= 0.3 is 0 Å². The van der Waals surface area contributed by atoms with Gasteiger partial charge in [-0.25, -0.2) is 0 Å². The Hall–Kier alpha value is 0. The first-order valence-electron chi connectivity index (χ1n) is 18.8. The molecule has 0 heteroatoms. The molecule has 0 bridgehead atoms. The van der Waals surface area contributed by atoms with Gasteiger partial charge < -0.3 is 0 Å². The summed E-state index contributed by atoms with van der Waals surface area (Å²) in [5, 5.41) is 0. The lowest BCUT2D eigenvalue weighted by Gasteiger charge is -2.81. The van der Waals surface area contributed by atoms with Gasteiger partial charge in [-0.05, 0) is 81.2 Å². The van der Waals surface area contributed by atoms with Gasteiger partial charge in [-0.2, -0.15) is 0 Å². The maximum atomic E-state index is 2.67. The predicted molar refractivity (Wildman–Crippen MR) is 207 cm³/mol. The second-order valence-corrected chi connectivity index (χ2v) is 26.2. The first-order valence-corrected chi connectivity index (χ1v) is 18.8. The van der Waals surface area contributed by atoms with E-state index in [-0.39, 0.29) is 81.2 Å². The highest BCUT2D eigenvalue weighted by atomic mass is 15.0. The van der Waals surface area contributed by atoms with Crippen molar-refractivity contribution in [2.75, 3.05) is 0 Å². The third kappa shape index (κ3) is 4.26. The van der Waals surface area contributed by atoms with Crippen LogP contribution < -0.4 is 0 Å². The van der Waals surface area contributed by atoms with Crippen molar-refractivity contribution in [3.63, 3.8) is 0 Å². The fourth-order valence-electron chi connectivity index (χ4n) is 18.3. The fourth-order valence-corrected chi connectivity index (χ4v) is 18.3. The minimum Gasteiger partial charge on any atom is -0.0596 e. The molecule has 0 aliphatic heterocycles. The Morgan fingerprint density at radius 3 is 0.200 bits per heavy atom. The zero-order chi connectivity index (χ0) is 37.5. The number of rotatable bonds is 0. The van der Waals surface area contributed by atoms with E-state index in [1.165, 1.54) is 0 Å². The van der Waals surface area contributed by atoms with E-state index in [2.05, 4.69) is 208 Å². The Labute approximate surface area is 288 Å². The first kappa shape index (κ1) is 43.0. The van der Waals surface area contributed by atoms with E-state index in [4.69, 9.17) is 0 Å². The summed E-state index contributed by atoms with van der Waals surface area (Å²) in [6.07, 6.45) is 0. The van der Waals surface area contributed by atoms with Gasteiger partial charge in [0.1, 0.15) is 0 Å². The summed E-state index contributed by atoms with van der Waals surface area (Å²) >= 11 is 0. The molecule has 0 aromatic heterocycles. The lowest BCUT2D eigenvalue weighted by atomic mass is 9.23. The van der Waals surface area contributed by atoms with Gasteiger partial charge in [0, 0.05) is 0 Å². The Balaban J connectivity index is 6.22. The molecular weight excluding hydrogens is 540 g/mol. The van der Waals surface area contributed by atoms with Crippen molar-refractivity contribution < 1.29 is 0 Å². The van der Waals surface area contributed by atoms with E-state index in [9.17, 15) is 0 Å². The van der Waals surface area contributed by atoms with Gasteiger partial charge in [0.05, 0.1) is 0 Å². The molecule has 0 saturated heterocycles.